The van der Waals surface area contributed by atoms with E-state index in [4.69, 9.17) is 0 Å². The van der Waals surface area contributed by atoms with Gasteiger partial charge in [0, 0.05) is 43.2 Å². The fourth-order valence-electron chi connectivity index (χ4n) is 4.35. The number of carbonyl (C=O) groups is 2. The number of nitrogens with zero attached hydrogens (tertiary/aromatic N) is 3. The van der Waals surface area contributed by atoms with Gasteiger partial charge in [0.15, 0.2) is 0 Å². The van der Waals surface area contributed by atoms with Crippen molar-refractivity contribution >= 4 is 39.3 Å². The first-order valence-electron chi connectivity index (χ1n) is 11.6. The minimum absolute atomic E-state index is 0.0259. The third kappa shape index (κ3) is 5.47. The molecule has 0 N–H and O–H groups in total. The molecule has 2 aromatic rings. The number of likely N-dealkylation sites (N-methyl/N-ethyl adjacent to an activating group) is 1. The first-order valence-corrected chi connectivity index (χ1v) is 14.0. The summed E-state index contributed by atoms with van der Waals surface area (Å²) < 4.78 is 28.1. The van der Waals surface area contributed by atoms with Gasteiger partial charge in [-0.3, -0.25) is 9.59 Å². The lowest BCUT2D eigenvalue weighted by atomic mass is 10.2. The van der Waals surface area contributed by atoms with Gasteiger partial charge < -0.3 is 9.80 Å². The van der Waals surface area contributed by atoms with Crippen LogP contribution in [0.15, 0.2) is 58.3 Å². The quantitative estimate of drug-likeness (QED) is 0.603. The lowest BCUT2D eigenvalue weighted by Gasteiger charge is -2.28. The number of hydrogen-bond acceptors (Lipinski definition) is 5. The number of hydrogen-bond donors (Lipinski definition) is 0. The third-order valence-corrected chi connectivity index (χ3v) is 9.31. The molecule has 2 aromatic carbocycles. The summed E-state index contributed by atoms with van der Waals surface area (Å²) in [7, 11) is -1.94. The molecular weight excluding hydrogens is 470 g/mol. The van der Waals surface area contributed by atoms with Crippen molar-refractivity contribution in [1.82, 2.24) is 9.21 Å². The minimum Gasteiger partial charge on any atom is -0.340 e. The van der Waals surface area contributed by atoms with Crippen molar-refractivity contribution in [2.45, 2.75) is 54.2 Å². The molecule has 34 heavy (non-hydrogen) atoms. The Morgan fingerprint density at radius 3 is 2.50 bits per heavy atom. The van der Waals surface area contributed by atoms with Crippen LogP contribution >= 0.6 is 11.8 Å². The predicted molar refractivity (Wildman–Crippen MR) is 134 cm³/mol. The second-order valence-electron chi connectivity index (χ2n) is 8.94. The number of amides is 2. The van der Waals surface area contributed by atoms with E-state index in [1.807, 2.05) is 37.3 Å². The Balaban J connectivity index is 1.62. The van der Waals surface area contributed by atoms with Crippen LogP contribution < -0.4 is 4.90 Å². The predicted octanol–water partition coefficient (Wildman–Crippen LogP) is 3.74. The highest BCUT2D eigenvalue weighted by Crippen LogP contribution is 2.39. The smallest absolute Gasteiger partial charge is 0.243 e. The Hall–Kier alpha value is -2.36. The normalized spacial score (nSPS) is 19.4. The fourth-order valence-corrected chi connectivity index (χ4v) is 6.98. The van der Waals surface area contributed by atoms with E-state index in [-0.39, 0.29) is 34.9 Å². The zero-order chi connectivity index (χ0) is 24.3. The van der Waals surface area contributed by atoms with Crippen LogP contribution in [0.2, 0.25) is 0 Å². The molecule has 9 heteroatoms. The molecular formula is C25H31N3O4S2. The summed E-state index contributed by atoms with van der Waals surface area (Å²) in [4.78, 5) is 30.3. The van der Waals surface area contributed by atoms with Gasteiger partial charge >= 0.3 is 0 Å². The molecule has 7 nitrogen and oxygen atoms in total. The summed E-state index contributed by atoms with van der Waals surface area (Å²) in [5.74, 6) is -0.375. The lowest BCUT2D eigenvalue weighted by molar-refractivity contribution is -0.130. The van der Waals surface area contributed by atoms with Crippen molar-refractivity contribution in [2.75, 3.05) is 31.6 Å². The zero-order valence-corrected chi connectivity index (χ0v) is 21.3. The van der Waals surface area contributed by atoms with Gasteiger partial charge in [0.05, 0.1) is 10.6 Å². The Bertz CT molecular complexity index is 1150. The molecule has 0 radical (unpaired) electrons. The summed E-state index contributed by atoms with van der Waals surface area (Å²) in [5.41, 5.74) is 1.50. The van der Waals surface area contributed by atoms with E-state index in [1.54, 1.807) is 30.1 Å². The van der Waals surface area contributed by atoms with Gasteiger partial charge in [-0.1, -0.05) is 43.7 Å². The van der Waals surface area contributed by atoms with Gasteiger partial charge in [0.25, 0.3) is 0 Å². The maximum absolute atomic E-state index is 13.3. The van der Waals surface area contributed by atoms with Crippen LogP contribution in [0.4, 0.5) is 5.69 Å². The van der Waals surface area contributed by atoms with Gasteiger partial charge in [0.2, 0.25) is 21.8 Å². The molecule has 1 fully saturated rings. The highest BCUT2D eigenvalue weighted by atomic mass is 32.2. The summed E-state index contributed by atoms with van der Waals surface area (Å²) in [6.07, 6.45) is 3.02. The third-order valence-electron chi connectivity index (χ3n) is 6.25. The SMILES string of the molecule is C[C@@H]1CC(=O)N(CC(=O)N(C)Cc2ccccc2)c2cc(S(=O)(=O)N3CCCCC3)ccc2S1. The number of benzene rings is 2. The van der Waals surface area contributed by atoms with Crippen molar-refractivity contribution in [1.29, 1.82) is 0 Å². The van der Waals surface area contributed by atoms with Crippen molar-refractivity contribution in [3.8, 4) is 0 Å². The van der Waals surface area contributed by atoms with Gasteiger partial charge in [0.1, 0.15) is 6.54 Å². The molecule has 0 aromatic heterocycles. The fraction of sp³-hybridized carbons (Fsp3) is 0.440. The molecule has 0 aliphatic carbocycles. The highest BCUT2D eigenvalue weighted by molar-refractivity contribution is 8.00. The molecule has 2 aliphatic rings. The summed E-state index contributed by atoms with van der Waals surface area (Å²) >= 11 is 1.54. The zero-order valence-electron chi connectivity index (χ0n) is 19.6. The number of carbonyl (C=O) groups excluding carboxylic acids is 2. The van der Waals surface area contributed by atoms with Crippen LogP contribution in [0.3, 0.4) is 0 Å². The number of thioether (sulfide) groups is 1. The van der Waals surface area contributed by atoms with Crippen molar-refractivity contribution in [3.63, 3.8) is 0 Å². The molecule has 182 valence electrons. The van der Waals surface area contributed by atoms with E-state index < -0.39 is 10.0 Å². The van der Waals surface area contributed by atoms with Crippen LogP contribution in [-0.2, 0) is 26.2 Å². The van der Waals surface area contributed by atoms with Gasteiger partial charge in [-0.25, -0.2) is 8.42 Å². The first kappa shape index (κ1) is 24.8. The molecule has 0 spiro atoms. The standard InChI is InChI=1S/C25H31N3O4S2/c1-19-15-24(29)28(18-25(30)26(2)17-20-9-5-3-6-10-20)22-16-21(11-12-23(22)33-19)34(31,32)27-13-7-4-8-14-27/h3,5-6,9-12,16,19H,4,7-8,13-15,17-18H2,1-2H3/t19-/m1/s1. The topological polar surface area (TPSA) is 78.0 Å². The van der Waals surface area contributed by atoms with Crippen LogP contribution in [0, 0.1) is 0 Å². The minimum atomic E-state index is -3.66. The van der Waals surface area contributed by atoms with Crippen LogP contribution in [-0.4, -0.2) is 61.4 Å². The summed E-state index contributed by atoms with van der Waals surface area (Å²) in [5, 5.41) is 0.0259. The molecule has 2 heterocycles. The monoisotopic (exact) mass is 501 g/mol. The van der Waals surface area contributed by atoms with Crippen molar-refractivity contribution < 1.29 is 18.0 Å². The number of piperidine rings is 1. The van der Waals surface area contributed by atoms with E-state index in [9.17, 15) is 18.0 Å². The van der Waals surface area contributed by atoms with Crippen molar-refractivity contribution in [2.24, 2.45) is 0 Å². The molecule has 0 saturated carbocycles. The van der Waals surface area contributed by atoms with Gasteiger partial charge in [-0.05, 0) is 36.6 Å². The summed E-state index contributed by atoms with van der Waals surface area (Å²) in [6.45, 7) is 3.30. The molecule has 4 rings (SSSR count). The van der Waals surface area contributed by atoms with Crippen LogP contribution in [0.25, 0.3) is 0 Å². The first-order chi connectivity index (χ1) is 16.3. The van der Waals surface area contributed by atoms with E-state index >= 15 is 0 Å². The second kappa shape index (κ2) is 10.5. The average molecular weight is 502 g/mol. The second-order valence-corrected chi connectivity index (χ2v) is 12.4. The molecule has 1 saturated heterocycles. The number of sulfonamides is 1. The van der Waals surface area contributed by atoms with Gasteiger partial charge in [-0.2, -0.15) is 4.31 Å². The van der Waals surface area contributed by atoms with Crippen LogP contribution in [0.1, 0.15) is 38.2 Å². The van der Waals surface area contributed by atoms with E-state index in [0.29, 0.717) is 25.3 Å². The van der Waals surface area contributed by atoms with E-state index in [2.05, 4.69) is 0 Å². The maximum Gasteiger partial charge on any atom is 0.243 e. The Labute approximate surface area is 206 Å². The Morgan fingerprint density at radius 1 is 1.09 bits per heavy atom. The average Bonchev–Trinajstić information content (AvgIpc) is 2.94. The Morgan fingerprint density at radius 2 is 1.79 bits per heavy atom. The van der Waals surface area contributed by atoms with Crippen molar-refractivity contribution in [3.05, 3.63) is 54.1 Å². The molecule has 0 unspecified atom stereocenters. The number of anilines is 1. The lowest BCUT2D eigenvalue weighted by Crippen LogP contribution is -2.41. The molecule has 1 atom stereocenters. The number of rotatable bonds is 6. The molecule has 0 bridgehead atoms. The van der Waals surface area contributed by atoms with E-state index in [1.165, 1.54) is 21.0 Å². The molecule has 2 amide bonds. The highest BCUT2D eigenvalue weighted by Gasteiger charge is 2.32. The van der Waals surface area contributed by atoms with Crippen LogP contribution in [0.5, 0.6) is 0 Å². The number of fused-ring (bicyclic) bond motifs is 1. The van der Waals surface area contributed by atoms with Gasteiger partial charge in [-0.15, -0.1) is 11.8 Å². The largest absolute Gasteiger partial charge is 0.340 e. The maximum atomic E-state index is 13.3. The molecule has 2 aliphatic heterocycles. The summed E-state index contributed by atoms with van der Waals surface area (Å²) in [6, 6.07) is 14.6. The Kier molecular flexibility index (Phi) is 7.64. The van der Waals surface area contributed by atoms with E-state index in [0.717, 1.165) is 29.7 Å².